The van der Waals surface area contributed by atoms with Crippen LogP contribution in [0.3, 0.4) is 0 Å². The van der Waals surface area contributed by atoms with Gasteiger partial charge in [0.05, 0.1) is 13.0 Å². The molecule has 23 heavy (non-hydrogen) atoms. The third-order valence-corrected chi connectivity index (χ3v) is 5.95. The Hall–Kier alpha value is -1.29. The standard InChI is InChI=1S/C18H25ClN2O2/c1-10-7-12-5-4-6-13(10)17(16(12)18(22)23-3)21-14-8-15(19)20-9-11(14)2/h8-10,12-13,16-17H,4-7H2,1-3H3,(H,20,21)/t10-,12+,13-,16?,17+/m1/s1. The molecule has 0 aliphatic heterocycles. The van der Waals surface area contributed by atoms with E-state index < -0.39 is 0 Å². The van der Waals surface area contributed by atoms with Gasteiger partial charge < -0.3 is 10.1 Å². The fourth-order valence-electron chi connectivity index (χ4n) is 4.59. The maximum Gasteiger partial charge on any atom is 0.311 e. The van der Waals surface area contributed by atoms with E-state index in [2.05, 4.69) is 17.2 Å². The van der Waals surface area contributed by atoms with Gasteiger partial charge in [-0.05, 0) is 55.6 Å². The first-order chi connectivity index (χ1) is 11.0. The summed E-state index contributed by atoms with van der Waals surface area (Å²) in [6.07, 6.45) is 6.38. The zero-order valence-corrected chi connectivity index (χ0v) is 14.8. The van der Waals surface area contributed by atoms with E-state index in [0.717, 1.165) is 24.1 Å². The van der Waals surface area contributed by atoms with Crippen molar-refractivity contribution < 1.29 is 9.53 Å². The molecule has 3 fully saturated rings. The third kappa shape index (κ3) is 3.18. The first-order valence-corrected chi connectivity index (χ1v) is 8.85. The summed E-state index contributed by atoms with van der Waals surface area (Å²) in [5.74, 6) is 1.37. The number of anilines is 1. The molecule has 126 valence electrons. The molecule has 1 aromatic rings. The van der Waals surface area contributed by atoms with Crippen LogP contribution >= 0.6 is 11.6 Å². The van der Waals surface area contributed by atoms with Gasteiger partial charge in [-0.15, -0.1) is 0 Å². The molecule has 1 N–H and O–H groups in total. The Morgan fingerprint density at radius 2 is 2.22 bits per heavy atom. The average Bonchev–Trinajstić information content (AvgIpc) is 2.81. The molecule has 0 amide bonds. The van der Waals surface area contributed by atoms with Gasteiger partial charge in [0.15, 0.2) is 0 Å². The van der Waals surface area contributed by atoms with Gasteiger partial charge in [0.1, 0.15) is 5.15 Å². The van der Waals surface area contributed by atoms with Gasteiger partial charge in [0, 0.05) is 17.9 Å². The second-order valence-corrected chi connectivity index (χ2v) is 7.50. The summed E-state index contributed by atoms with van der Waals surface area (Å²) in [6, 6.07) is 1.96. The van der Waals surface area contributed by atoms with Gasteiger partial charge in [-0.1, -0.05) is 24.9 Å². The lowest BCUT2D eigenvalue weighted by atomic mass is 9.66. The number of pyridine rings is 1. The first kappa shape index (κ1) is 16.6. The highest BCUT2D eigenvalue weighted by Crippen LogP contribution is 2.47. The molecule has 0 aromatic carbocycles. The smallest absolute Gasteiger partial charge is 0.311 e. The van der Waals surface area contributed by atoms with Crippen molar-refractivity contribution in [3.8, 4) is 0 Å². The van der Waals surface area contributed by atoms with E-state index in [1.165, 1.54) is 20.0 Å². The summed E-state index contributed by atoms with van der Waals surface area (Å²) in [5, 5.41) is 4.10. The minimum absolute atomic E-state index is 0.0740. The molecule has 0 spiro atoms. The Kier molecular flexibility index (Phi) is 4.81. The number of carbonyl (C=O) groups is 1. The summed E-state index contributed by atoms with van der Waals surface area (Å²) in [4.78, 5) is 16.6. The number of carbonyl (C=O) groups excluding carboxylic acids is 1. The van der Waals surface area contributed by atoms with E-state index in [0.29, 0.717) is 22.9 Å². The Bertz CT molecular complexity index is 592. The minimum Gasteiger partial charge on any atom is -0.469 e. The molecule has 3 saturated carbocycles. The third-order valence-electron chi connectivity index (χ3n) is 5.74. The molecule has 5 atom stereocenters. The lowest BCUT2D eigenvalue weighted by Gasteiger charge is -2.43. The molecule has 3 aliphatic carbocycles. The summed E-state index contributed by atoms with van der Waals surface area (Å²) in [7, 11) is 1.50. The lowest BCUT2D eigenvalue weighted by molar-refractivity contribution is -0.150. The second kappa shape index (κ2) is 6.68. The first-order valence-electron chi connectivity index (χ1n) is 8.47. The maximum atomic E-state index is 12.5. The summed E-state index contributed by atoms with van der Waals surface area (Å²) < 4.78 is 5.14. The monoisotopic (exact) mass is 336 g/mol. The van der Waals surface area contributed by atoms with Gasteiger partial charge in [-0.3, -0.25) is 4.79 Å². The zero-order valence-electron chi connectivity index (χ0n) is 14.0. The number of aromatic nitrogens is 1. The van der Waals surface area contributed by atoms with Gasteiger partial charge in [0.25, 0.3) is 0 Å². The number of esters is 1. The zero-order chi connectivity index (χ0) is 16.6. The van der Waals surface area contributed by atoms with Crippen molar-refractivity contribution in [2.75, 3.05) is 12.4 Å². The number of aryl methyl sites for hydroxylation is 1. The van der Waals surface area contributed by atoms with E-state index in [-0.39, 0.29) is 17.9 Å². The molecule has 3 aliphatic rings. The number of methoxy groups -OCH3 is 1. The van der Waals surface area contributed by atoms with Crippen LogP contribution in [0, 0.1) is 30.6 Å². The molecular formula is C18H25ClN2O2. The summed E-state index contributed by atoms with van der Waals surface area (Å²) >= 11 is 6.06. The van der Waals surface area contributed by atoms with E-state index >= 15 is 0 Å². The van der Waals surface area contributed by atoms with Gasteiger partial charge >= 0.3 is 5.97 Å². The predicted octanol–water partition coefficient (Wildman–Crippen LogP) is 4.07. The van der Waals surface area contributed by atoms with Crippen LogP contribution in [0.2, 0.25) is 5.15 Å². The number of nitrogens with zero attached hydrogens (tertiary/aromatic N) is 1. The van der Waals surface area contributed by atoms with Crippen LogP contribution in [0.1, 0.15) is 38.2 Å². The molecule has 0 saturated heterocycles. The van der Waals surface area contributed by atoms with Crippen molar-refractivity contribution in [3.05, 3.63) is 23.0 Å². The van der Waals surface area contributed by atoms with Crippen LogP contribution in [-0.4, -0.2) is 24.1 Å². The number of rotatable bonds is 3. The number of fused-ring (bicyclic) bond motifs is 4. The summed E-state index contributed by atoms with van der Waals surface area (Å²) in [5.41, 5.74) is 2.02. The molecule has 5 heteroatoms. The number of hydrogen-bond acceptors (Lipinski definition) is 4. The molecule has 4 nitrogen and oxygen atoms in total. The topological polar surface area (TPSA) is 51.2 Å². The number of hydrogen-bond donors (Lipinski definition) is 1. The molecular weight excluding hydrogens is 312 g/mol. The van der Waals surface area contributed by atoms with Crippen molar-refractivity contribution >= 4 is 23.3 Å². The van der Waals surface area contributed by atoms with Crippen LogP contribution in [0.15, 0.2) is 12.3 Å². The quantitative estimate of drug-likeness (QED) is 0.667. The average molecular weight is 337 g/mol. The minimum atomic E-state index is -0.0795. The Morgan fingerprint density at radius 1 is 1.43 bits per heavy atom. The van der Waals surface area contributed by atoms with Crippen LogP contribution in [-0.2, 0) is 9.53 Å². The van der Waals surface area contributed by atoms with Crippen LogP contribution in [0.5, 0.6) is 0 Å². The SMILES string of the molecule is COC(=O)C1[C@H]2CCC[C@H]([C@H](C)C2)[C@@H]1Nc1cc(Cl)ncc1C. The maximum absolute atomic E-state index is 12.5. The van der Waals surface area contributed by atoms with Crippen molar-refractivity contribution in [2.45, 2.75) is 45.6 Å². The predicted molar refractivity (Wildman–Crippen MR) is 91.5 cm³/mol. The van der Waals surface area contributed by atoms with Crippen LogP contribution in [0.4, 0.5) is 5.69 Å². The highest BCUT2D eigenvalue weighted by molar-refractivity contribution is 6.29. The van der Waals surface area contributed by atoms with Gasteiger partial charge in [-0.2, -0.15) is 0 Å². The fraction of sp³-hybridized carbons (Fsp3) is 0.667. The van der Waals surface area contributed by atoms with E-state index in [1.54, 1.807) is 6.20 Å². The largest absolute Gasteiger partial charge is 0.469 e. The number of ether oxygens (including phenoxy) is 1. The normalized spacial score (nSPS) is 33.1. The second-order valence-electron chi connectivity index (χ2n) is 7.11. The molecule has 1 heterocycles. The van der Waals surface area contributed by atoms with E-state index in [4.69, 9.17) is 16.3 Å². The molecule has 1 aromatic heterocycles. The van der Waals surface area contributed by atoms with Gasteiger partial charge in [0.2, 0.25) is 0 Å². The van der Waals surface area contributed by atoms with Crippen LogP contribution in [0.25, 0.3) is 0 Å². The molecule has 4 rings (SSSR count). The lowest BCUT2D eigenvalue weighted by Crippen LogP contribution is -2.49. The molecule has 0 radical (unpaired) electrons. The van der Waals surface area contributed by atoms with Crippen molar-refractivity contribution in [2.24, 2.45) is 23.7 Å². The Labute approximate surface area is 143 Å². The van der Waals surface area contributed by atoms with Crippen molar-refractivity contribution in [1.29, 1.82) is 0 Å². The Morgan fingerprint density at radius 3 is 2.96 bits per heavy atom. The molecule has 2 bridgehead atoms. The van der Waals surface area contributed by atoms with Gasteiger partial charge in [-0.25, -0.2) is 4.98 Å². The Balaban J connectivity index is 1.95. The fourth-order valence-corrected chi connectivity index (χ4v) is 4.75. The van der Waals surface area contributed by atoms with E-state index in [9.17, 15) is 4.79 Å². The highest BCUT2D eigenvalue weighted by Gasteiger charge is 2.48. The van der Waals surface area contributed by atoms with Crippen molar-refractivity contribution in [1.82, 2.24) is 4.98 Å². The van der Waals surface area contributed by atoms with Crippen LogP contribution < -0.4 is 5.32 Å². The van der Waals surface area contributed by atoms with E-state index in [1.807, 2.05) is 13.0 Å². The highest BCUT2D eigenvalue weighted by atomic mass is 35.5. The molecule has 1 unspecified atom stereocenters. The van der Waals surface area contributed by atoms with Crippen molar-refractivity contribution in [3.63, 3.8) is 0 Å². The number of halogens is 1. The summed E-state index contributed by atoms with van der Waals surface area (Å²) in [6.45, 7) is 4.33. The number of nitrogens with one attached hydrogen (secondary N) is 1.